The standard InChI is InChI=1S/C11H13BrClNO2S/c1-7(17(2)16)6-14-11(15)8-4-3-5-9(12)10(8)13/h3-5,7H,6H2,1-2H3,(H,14,15)/t7-,17-/m1/s1. The normalized spacial score (nSPS) is 14.1. The van der Waals surface area contributed by atoms with Gasteiger partial charge in [0.05, 0.1) is 10.6 Å². The lowest BCUT2D eigenvalue weighted by Crippen LogP contribution is -2.32. The summed E-state index contributed by atoms with van der Waals surface area (Å²) < 4.78 is 11.8. The minimum absolute atomic E-state index is 0.0788. The molecular formula is C11H13BrClNO2S. The molecule has 94 valence electrons. The van der Waals surface area contributed by atoms with Gasteiger partial charge in [-0.25, -0.2) is 0 Å². The Labute approximate surface area is 117 Å². The fourth-order valence-electron chi connectivity index (χ4n) is 1.13. The highest BCUT2D eigenvalue weighted by Gasteiger charge is 2.14. The van der Waals surface area contributed by atoms with Crippen LogP contribution in [0.15, 0.2) is 22.7 Å². The predicted molar refractivity (Wildman–Crippen MR) is 75.0 cm³/mol. The quantitative estimate of drug-likeness (QED) is 0.917. The summed E-state index contributed by atoms with van der Waals surface area (Å²) in [6.07, 6.45) is 1.61. The van der Waals surface area contributed by atoms with Gasteiger partial charge >= 0.3 is 0 Å². The second-order valence-electron chi connectivity index (χ2n) is 3.62. The molecule has 0 bridgehead atoms. The van der Waals surface area contributed by atoms with E-state index in [-0.39, 0.29) is 11.2 Å². The monoisotopic (exact) mass is 337 g/mol. The molecule has 0 aliphatic rings. The Bertz CT molecular complexity index is 453. The van der Waals surface area contributed by atoms with Crippen molar-refractivity contribution >= 4 is 44.2 Å². The number of rotatable bonds is 4. The molecule has 2 atom stereocenters. The Balaban J connectivity index is 2.71. The van der Waals surface area contributed by atoms with Crippen molar-refractivity contribution in [3.05, 3.63) is 33.3 Å². The van der Waals surface area contributed by atoms with Crippen molar-refractivity contribution in [2.75, 3.05) is 12.8 Å². The van der Waals surface area contributed by atoms with E-state index in [1.807, 2.05) is 6.92 Å². The Morgan fingerprint density at radius 2 is 2.24 bits per heavy atom. The van der Waals surface area contributed by atoms with Gasteiger partial charge in [0.25, 0.3) is 5.91 Å². The second kappa shape index (κ2) is 6.52. The zero-order chi connectivity index (χ0) is 13.0. The lowest BCUT2D eigenvalue weighted by atomic mass is 10.2. The second-order valence-corrected chi connectivity index (χ2v) is 6.65. The summed E-state index contributed by atoms with van der Waals surface area (Å²) in [6.45, 7) is 2.18. The number of amides is 1. The zero-order valence-electron chi connectivity index (χ0n) is 9.50. The van der Waals surface area contributed by atoms with Gasteiger partial charge in [0.2, 0.25) is 0 Å². The molecule has 0 radical (unpaired) electrons. The molecule has 0 aromatic heterocycles. The van der Waals surface area contributed by atoms with Crippen molar-refractivity contribution < 1.29 is 9.00 Å². The molecule has 0 aliphatic carbocycles. The maximum Gasteiger partial charge on any atom is 0.252 e. The number of benzene rings is 1. The van der Waals surface area contributed by atoms with Crippen LogP contribution in [0.5, 0.6) is 0 Å². The van der Waals surface area contributed by atoms with Crippen molar-refractivity contribution in [3.63, 3.8) is 0 Å². The molecule has 0 saturated carbocycles. The van der Waals surface area contributed by atoms with Gasteiger partial charge in [-0.2, -0.15) is 0 Å². The highest BCUT2D eigenvalue weighted by molar-refractivity contribution is 9.10. The van der Waals surface area contributed by atoms with E-state index in [9.17, 15) is 9.00 Å². The molecule has 1 amide bonds. The first kappa shape index (κ1) is 14.7. The van der Waals surface area contributed by atoms with E-state index in [0.29, 0.717) is 21.6 Å². The minimum atomic E-state index is -0.950. The van der Waals surface area contributed by atoms with Gasteiger partial charge in [-0.1, -0.05) is 17.7 Å². The summed E-state index contributed by atoms with van der Waals surface area (Å²) in [6, 6.07) is 5.16. The van der Waals surface area contributed by atoms with Gasteiger partial charge in [-0.15, -0.1) is 0 Å². The fraction of sp³-hybridized carbons (Fsp3) is 0.364. The minimum Gasteiger partial charge on any atom is -0.351 e. The van der Waals surface area contributed by atoms with Crippen LogP contribution in [0.25, 0.3) is 0 Å². The molecule has 0 spiro atoms. The third kappa shape index (κ3) is 4.08. The van der Waals surface area contributed by atoms with Gasteiger partial charge in [-0.3, -0.25) is 9.00 Å². The molecular weight excluding hydrogens is 326 g/mol. The van der Waals surface area contributed by atoms with E-state index >= 15 is 0 Å². The summed E-state index contributed by atoms with van der Waals surface area (Å²) in [5, 5.41) is 3.02. The number of hydrogen-bond acceptors (Lipinski definition) is 2. The van der Waals surface area contributed by atoms with Crippen LogP contribution < -0.4 is 5.32 Å². The molecule has 0 heterocycles. The first-order valence-corrected chi connectivity index (χ1v) is 7.77. The van der Waals surface area contributed by atoms with E-state index in [0.717, 1.165) is 0 Å². The maximum atomic E-state index is 11.8. The number of carbonyl (C=O) groups excluding carboxylic acids is 1. The third-order valence-corrected chi connectivity index (χ3v) is 4.91. The predicted octanol–water partition coefficient (Wildman–Crippen LogP) is 2.60. The van der Waals surface area contributed by atoms with Crippen molar-refractivity contribution in [3.8, 4) is 0 Å². The van der Waals surface area contributed by atoms with Crippen LogP contribution in [-0.4, -0.2) is 28.2 Å². The Morgan fingerprint density at radius 1 is 1.59 bits per heavy atom. The Morgan fingerprint density at radius 3 is 2.82 bits per heavy atom. The SMILES string of the molecule is C[C@H](CNC(=O)c1cccc(Br)c1Cl)[S@@](C)=O. The van der Waals surface area contributed by atoms with Crippen LogP contribution >= 0.6 is 27.5 Å². The first-order chi connectivity index (χ1) is 7.93. The molecule has 3 nitrogen and oxygen atoms in total. The molecule has 1 N–H and O–H groups in total. The van der Waals surface area contributed by atoms with E-state index < -0.39 is 10.8 Å². The summed E-state index contributed by atoms with van der Waals surface area (Å²) in [7, 11) is -0.950. The molecule has 0 unspecified atom stereocenters. The van der Waals surface area contributed by atoms with Gasteiger partial charge < -0.3 is 5.32 Å². The van der Waals surface area contributed by atoms with E-state index in [4.69, 9.17) is 11.6 Å². The highest BCUT2D eigenvalue weighted by atomic mass is 79.9. The molecule has 17 heavy (non-hydrogen) atoms. The summed E-state index contributed by atoms with van der Waals surface area (Å²) in [4.78, 5) is 11.8. The Hall–Kier alpha value is -0.390. The summed E-state index contributed by atoms with van der Waals surface area (Å²) >= 11 is 9.26. The first-order valence-electron chi connectivity index (χ1n) is 4.98. The van der Waals surface area contributed by atoms with Gasteiger partial charge in [0.15, 0.2) is 0 Å². The number of carbonyl (C=O) groups is 1. The average Bonchev–Trinajstić information content (AvgIpc) is 2.29. The van der Waals surface area contributed by atoms with E-state index in [1.54, 1.807) is 24.5 Å². The van der Waals surface area contributed by atoms with Crippen molar-refractivity contribution in [2.24, 2.45) is 0 Å². The lowest BCUT2D eigenvalue weighted by molar-refractivity contribution is 0.0954. The molecule has 0 fully saturated rings. The molecule has 1 rings (SSSR count). The van der Waals surface area contributed by atoms with Gasteiger partial charge in [-0.05, 0) is 35.0 Å². The number of hydrogen-bond donors (Lipinski definition) is 1. The smallest absolute Gasteiger partial charge is 0.252 e. The van der Waals surface area contributed by atoms with E-state index in [1.165, 1.54) is 0 Å². The van der Waals surface area contributed by atoms with Gasteiger partial charge in [0.1, 0.15) is 0 Å². The topological polar surface area (TPSA) is 46.2 Å². The molecule has 6 heteroatoms. The van der Waals surface area contributed by atoms with Crippen LogP contribution in [0.2, 0.25) is 5.02 Å². The highest BCUT2D eigenvalue weighted by Crippen LogP contribution is 2.25. The molecule has 0 saturated heterocycles. The average molecular weight is 339 g/mol. The van der Waals surface area contributed by atoms with Crippen LogP contribution in [0.1, 0.15) is 17.3 Å². The van der Waals surface area contributed by atoms with Crippen LogP contribution in [0.3, 0.4) is 0 Å². The summed E-state index contributed by atoms with van der Waals surface area (Å²) in [5.41, 5.74) is 0.412. The fourth-order valence-corrected chi connectivity index (χ4v) is 2.02. The van der Waals surface area contributed by atoms with Crippen molar-refractivity contribution in [1.29, 1.82) is 0 Å². The molecule has 1 aromatic carbocycles. The van der Waals surface area contributed by atoms with Crippen LogP contribution in [0, 0.1) is 0 Å². The number of halogens is 2. The van der Waals surface area contributed by atoms with Crippen molar-refractivity contribution in [1.82, 2.24) is 5.32 Å². The Kier molecular flexibility index (Phi) is 5.62. The third-order valence-electron chi connectivity index (χ3n) is 2.31. The summed E-state index contributed by atoms with van der Waals surface area (Å²) in [5.74, 6) is -0.256. The van der Waals surface area contributed by atoms with E-state index in [2.05, 4.69) is 21.2 Å². The van der Waals surface area contributed by atoms with Gasteiger partial charge in [0, 0.05) is 33.3 Å². The zero-order valence-corrected chi connectivity index (χ0v) is 12.7. The molecule has 0 aliphatic heterocycles. The van der Waals surface area contributed by atoms with Crippen LogP contribution in [-0.2, 0) is 10.8 Å². The van der Waals surface area contributed by atoms with Crippen molar-refractivity contribution in [2.45, 2.75) is 12.2 Å². The largest absolute Gasteiger partial charge is 0.351 e. The number of nitrogens with one attached hydrogen (secondary N) is 1. The lowest BCUT2D eigenvalue weighted by Gasteiger charge is -2.11. The molecule has 1 aromatic rings. The van der Waals surface area contributed by atoms with Crippen LogP contribution in [0.4, 0.5) is 0 Å². The maximum absolute atomic E-state index is 11.8.